The zero-order valence-electron chi connectivity index (χ0n) is 23.9. The van der Waals surface area contributed by atoms with E-state index in [9.17, 15) is 0 Å². The average molecular weight is 523 g/mol. The first-order valence-corrected chi connectivity index (χ1v) is 13.8. The van der Waals surface area contributed by atoms with Crippen LogP contribution in [0.15, 0.2) is 92.2 Å². The maximum Gasteiger partial charge on any atom is 0.0465 e. The fourth-order valence-electron chi connectivity index (χ4n) is 3.74. The minimum atomic E-state index is 0.854. The molecule has 0 radical (unpaired) electrons. The molecule has 0 aliphatic heterocycles. The minimum Gasteiger partial charge on any atom is -0.361 e. The summed E-state index contributed by atoms with van der Waals surface area (Å²) in [5.41, 5.74) is 8.10. The number of thiophene rings is 1. The smallest absolute Gasteiger partial charge is 0.0465 e. The molecule has 0 bridgehead atoms. The summed E-state index contributed by atoms with van der Waals surface area (Å²) < 4.78 is 0. The van der Waals surface area contributed by atoms with Crippen molar-refractivity contribution < 1.29 is 0 Å². The van der Waals surface area contributed by atoms with E-state index in [1.165, 1.54) is 31.8 Å². The third kappa shape index (κ3) is 8.64. The molecule has 2 nitrogen and oxygen atoms in total. The summed E-state index contributed by atoms with van der Waals surface area (Å²) in [5, 5.41) is 6.39. The van der Waals surface area contributed by atoms with E-state index in [-0.39, 0.29) is 0 Å². The normalized spacial score (nSPS) is 10.9. The molecule has 2 aromatic carbocycles. The van der Waals surface area contributed by atoms with Gasteiger partial charge in [0.15, 0.2) is 0 Å². The van der Waals surface area contributed by atoms with Crippen LogP contribution in [0.25, 0.3) is 34.8 Å². The molecule has 0 saturated carbocycles. The Labute approximate surface area is 233 Å². The van der Waals surface area contributed by atoms with Crippen molar-refractivity contribution in [2.75, 3.05) is 0 Å². The summed E-state index contributed by atoms with van der Waals surface area (Å²) in [6, 6.07) is 19.4. The van der Waals surface area contributed by atoms with Crippen molar-refractivity contribution in [3.8, 4) is 0 Å². The lowest BCUT2D eigenvalue weighted by Crippen LogP contribution is -2.24. The Morgan fingerprint density at radius 3 is 2.00 bits per heavy atom. The molecule has 4 rings (SSSR count). The monoisotopic (exact) mass is 522 g/mol. The number of nitrogens with one attached hydrogen (secondary N) is 2. The number of H-pyrrole nitrogens is 1. The van der Waals surface area contributed by atoms with E-state index >= 15 is 0 Å². The summed E-state index contributed by atoms with van der Waals surface area (Å²) in [6.07, 6.45) is 6.80. The van der Waals surface area contributed by atoms with Gasteiger partial charge in [-0.2, -0.15) is 0 Å². The Balaban J connectivity index is 0.000000327. The molecule has 0 spiro atoms. The quantitative estimate of drug-likeness (QED) is 0.233. The lowest BCUT2D eigenvalue weighted by Gasteiger charge is -2.03. The van der Waals surface area contributed by atoms with Gasteiger partial charge < -0.3 is 10.3 Å². The van der Waals surface area contributed by atoms with E-state index in [2.05, 4.69) is 98.1 Å². The molecular formula is C35H42N2S. The molecular weight excluding hydrogens is 480 g/mol. The number of aryl methyl sites for hydroxylation is 1. The van der Waals surface area contributed by atoms with E-state index in [0.717, 1.165) is 39.3 Å². The Hall–Kier alpha value is -3.82. The molecule has 3 heteroatoms. The number of aromatic nitrogens is 1. The number of hydrogen-bond acceptors (Lipinski definition) is 2. The lowest BCUT2D eigenvalue weighted by molar-refractivity contribution is 1.18. The summed E-state index contributed by atoms with van der Waals surface area (Å²) >= 11 is 1.75. The van der Waals surface area contributed by atoms with Crippen molar-refractivity contribution in [1.82, 2.24) is 10.3 Å². The molecule has 0 fully saturated rings. The third-order valence-electron chi connectivity index (χ3n) is 5.73. The molecule has 2 heterocycles. The number of aromatic amines is 1. The lowest BCUT2D eigenvalue weighted by atomic mass is 10.0. The molecule has 198 valence electrons. The van der Waals surface area contributed by atoms with Gasteiger partial charge in [0.1, 0.15) is 0 Å². The van der Waals surface area contributed by atoms with Gasteiger partial charge >= 0.3 is 0 Å². The highest BCUT2D eigenvalue weighted by Gasteiger charge is 2.03. The van der Waals surface area contributed by atoms with Crippen molar-refractivity contribution in [1.29, 1.82) is 0 Å². The number of benzene rings is 2. The first kappa shape index (κ1) is 30.4. The molecule has 0 unspecified atom stereocenters. The predicted molar refractivity (Wildman–Crippen MR) is 174 cm³/mol. The van der Waals surface area contributed by atoms with Crippen LogP contribution in [-0.4, -0.2) is 4.98 Å². The van der Waals surface area contributed by atoms with Crippen LogP contribution in [0.2, 0.25) is 0 Å². The van der Waals surface area contributed by atoms with Crippen LogP contribution in [0.4, 0.5) is 0 Å². The second kappa shape index (κ2) is 14.8. The Bertz CT molecular complexity index is 1500. The van der Waals surface area contributed by atoms with Crippen LogP contribution in [0.5, 0.6) is 0 Å². The van der Waals surface area contributed by atoms with Gasteiger partial charge in [-0.15, -0.1) is 11.3 Å². The molecule has 0 saturated heterocycles. The van der Waals surface area contributed by atoms with E-state index in [1.807, 2.05) is 53.0 Å². The summed E-state index contributed by atoms with van der Waals surface area (Å²) in [5.74, 6) is 0. The van der Waals surface area contributed by atoms with E-state index in [0.29, 0.717) is 0 Å². The first-order valence-electron chi connectivity index (χ1n) is 13.0. The highest BCUT2D eigenvalue weighted by molar-refractivity contribution is 7.14. The summed E-state index contributed by atoms with van der Waals surface area (Å²) in [4.78, 5) is 5.86. The average Bonchev–Trinajstić information content (AvgIpc) is 3.51. The van der Waals surface area contributed by atoms with Gasteiger partial charge in [0.05, 0.1) is 0 Å². The van der Waals surface area contributed by atoms with Crippen LogP contribution < -0.4 is 15.9 Å². The number of rotatable bonds is 7. The fourth-order valence-corrected chi connectivity index (χ4v) is 4.60. The van der Waals surface area contributed by atoms with Crippen molar-refractivity contribution in [3.63, 3.8) is 0 Å². The molecule has 0 aliphatic rings. The molecule has 0 atom stereocenters. The third-order valence-corrected chi connectivity index (χ3v) is 7.14. The van der Waals surface area contributed by atoms with Crippen molar-refractivity contribution in [2.24, 2.45) is 0 Å². The Morgan fingerprint density at radius 2 is 1.47 bits per heavy atom. The second-order valence-corrected chi connectivity index (χ2v) is 10.2. The van der Waals surface area contributed by atoms with Crippen LogP contribution in [-0.2, 0) is 6.42 Å². The highest BCUT2D eigenvalue weighted by Crippen LogP contribution is 2.26. The van der Waals surface area contributed by atoms with Crippen molar-refractivity contribution in [3.05, 3.63) is 129 Å². The van der Waals surface area contributed by atoms with Crippen molar-refractivity contribution >= 4 is 46.2 Å². The van der Waals surface area contributed by atoms with E-state index in [1.54, 1.807) is 11.3 Å². The maximum atomic E-state index is 4.13. The highest BCUT2D eigenvalue weighted by atomic mass is 32.1. The molecule has 2 aromatic heterocycles. The van der Waals surface area contributed by atoms with Crippen LogP contribution in [0.3, 0.4) is 0 Å². The van der Waals surface area contributed by atoms with Crippen LogP contribution >= 0.6 is 11.3 Å². The molecule has 4 aromatic rings. The Morgan fingerprint density at radius 1 is 0.895 bits per heavy atom. The number of hydrogen-bond donors (Lipinski definition) is 2. The molecule has 38 heavy (non-hydrogen) atoms. The zero-order valence-corrected chi connectivity index (χ0v) is 24.7. The van der Waals surface area contributed by atoms with Gasteiger partial charge in [-0.3, -0.25) is 0 Å². The zero-order chi connectivity index (χ0) is 28.2. The first-order chi connectivity index (χ1) is 18.2. The molecule has 0 amide bonds. The van der Waals surface area contributed by atoms with Gasteiger partial charge in [0.25, 0.3) is 0 Å². The van der Waals surface area contributed by atoms with E-state index < -0.39 is 0 Å². The number of fused-ring (bicyclic) bond motifs is 1. The fraction of sp³-hybridized carbons (Fsp3) is 0.200. The molecule has 0 aliphatic carbocycles. The minimum absolute atomic E-state index is 0.854. The largest absolute Gasteiger partial charge is 0.361 e. The predicted octanol–water partition coefficient (Wildman–Crippen LogP) is 8.74. The SMILES string of the molecule is C=C(/C=C\C)N/C=c1\c(=C)[nH]c2ccc(Cc3ccc(C)cc3)cc12.C=C(C)c1ccc(C(=C)C)s1.CC. The van der Waals surface area contributed by atoms with Gasteiger partial charge in [-0.05, 0) is 86.7 Å². The van der Waals surface area contributed by atoms with Gasteiger partial charge in [-0.25, -0.2) is 0 Å². The Kier molecular flexibility index (Phi) is 11.8. The maximum absolute atomic E-state index is 4.13. The van der Waals surface area contributed by atoms with Gasteiger partial charge in [0.2, 0.25) is 0 Å². The van der Waals surface area contributed by atoms with Crippen LogP contribution in [0.1, 0.15) is 61.1 Å². The van der Waals surface area contributed by atoms with Crippen molar-refractivity contribution in [2.45, 2.75) is 48.0 Å². The second-order valence-electron chi connectivity index (χ2n) is 9.10. The molecule has 2 N–H and O–H groups in total. The number of allylic oxidation sites excluding steroid dienone is 4. The standard InChI is InChI=1S/C23H24N2.C10H12S.C2H6/c1-5-6-17(3)24-15-22-18(4)25-23-12-11-20(14-21(22)23)13-19-9-7-16(2)8-10-19;1-7(2)9-5-6-10(11-9)8(3)4;1-2/h5-12,14-15,24-25H,3-4,13H2,1-2H3;5-6H,1,3H2,2,4H3;1-2H3/b6-5-,22-15+;;. The van der Waals surface area contributed by atoms with Crippen LogP contribution in [0, 0.1) is 6.92 Å². The van der Waals surface area contributed by atoms with E-state index in [4.69, 9.17) is 0 Å². The summed E-state index contributed by atoms with van der Waals surface area (Å²) in [7, 11) is 0. The topological polar surface area (TPSA) is 27.8 Å². The van der Waals surface area contributed by atoms with Gasteiger partial charge in [-0.1, -0.05) is 82.1 Å². The van der Waals surface area contributed by atoms with Gasteiger partial charge in [0, 0.05) is 43.1 Å². The summed E-state index contributed by atoms with van der Waals surface area (Å²) in [6.45, 7) is 28.0.